The number of hydrogen-bond acceptors (Lipinski definition) is 3. The summed E-state index contributed by atoms with van der Waals surface area (Å²) in [5.41, 5.74) is 1.38. The molecule has 0 bridgehead atoms. The molecule has 0 radical (unpaired) electrons. The molecule has 21 heavy (non-hydrogen) atoms. The number of halogens is 1. The zero-order valence-electron chi connectivity index (χ0n) is 13.5. The summed E-state index contributed by atoms with van der Waals surface area (Å²) in [6.45, 7) is 8.75. The van der Waals surface area contributed by atoms with E-state index in [2.05, 4.69) is 48.3 Å². The van der Waals surface area contributed by atoms with E-state index >= 15 is 0 Å². The number of likely N-dealkylation sites (tertiary alicyclic amines) is 1. The second kappa shape index (κ2) is 9.29. The summed E-state index contributed by atoms with van der Waals surface area (Å²) in [6.07, 6.45) is 2.92. The van der Waals surface area contributed by atoms with Gasteiger partial charge in [0.25, 0.3) is 0 Å². The van der Waals surface area contributed by atoms with Crippen molar-refractivity contribution >= 4 is 12.4 Å². The summed E-state index contributed by atoms with van der Waals surface area (Å²) in [5.74, 6) is 1.77. The molecule has 1 aliphatic rings. The fraction of sp³-hybridized carbons (Fsp3) is 0.647. The standard InChI is InChI=1S/C17H28N2O.ClH/c1-14(2)20-17-8-6-15(7-9-17)12-19-10-4-5-16(13-19)11-18-3;/h6-9,14,16,18H,4-5,10-13H2,1-3H3;1H. The van der Waals surface area contributed by atoms with E-state index in [0.29, 0.717) is 0 Å². The number of hydrogen-bond donors (Lipinski definition) is 1. The molecule has 1 aromatic rings. The van der Waals surface area contributed by atoms with Crippen molar-refractivity contribution in [3.63, 3.8) is 0 Å². The van der Waals surface area contributed by atoms with Crippen LogP contribution < -0.4 is 10.1 Å². The van der Waals surface area contributed by atoms with Crippen LogP contribution in [0.15, 0.2) is 24.3 Å². The highest BCUT2D eigenvalue weighted by Crippen LogP contribution is 2.19. The van der Waals surface area contributed by atoms with Crippen molar-refractivity contribution in [3.05, 3.63) is 29.8 Å². The van der Waals surface area contributed by atoms with Gasteiger partial charge in [0.2, 0.25) is 0 Å². The van der Waals surface area contributed by atoms with Crippen molar-refractivity contribution in [1.82, 2.24) is 10.2 Å². The van der Waals surface area contributed by atoms with Gasteiger partial charge in [-0.25, -0.2) is 0 Å². The molecule has 1 N–H and O–H groups in total. The molecule has 4 heteroatoms. The second-order valence-corrected chi connectivity index (χ2v) is 6.11. The van der Waals surface area contributed by atoms with Gasteiger partial charge in [-0.1, -0.05) is 12.1 Å². The SMILES string of the molecule is CNCC1CCCN(Cc2ccc(OC(C)C)cc2)C1.Cl. The van der Waals surface area contributed by atoms with Gasteiger partial charge < -0.3 is 10.1 Å². The third kappa shape index (κ3) is 6.25. The highest BCUT2D eigenvalue weighted by Gasteiger charge is 2.19. The first-order valence-corrected chi connectivity index (χ1v) is 7.80. The summed E-state index contributed by atoms with van der Waals surface area (Å²) in [6, 6.07) is 8.56. The van der Waals surface area contributed by atoms with Crippen LogP contribution in [0.2, 0.25) is 0 Å². The second-order valence-electron chi connectivity index (χ2n) is 6.11. The summed E-state index contributed by atoms with van der Waals surface area (Å²) in [5, 5.41) is 3.30. The van der Waals surface area contributed by atoms with Crippen molar-refractivity contribution in [2.45, 2.75) is 39.3 Å². The predicted octanol–water partition coefficient (Wildman–Crippen LogP) is 3.33. The minimum atomic E-state index is 0. The molecule has 1 atom stereocenters. The first kappa shape index (κ1) is 18.3. The predicted molar refractivity (Wildman–Crippen MR) is 91.4 cm³/mol. The number of piperidine rings is 1. The van der Waals surface area contributed by atoms with Gasteiger partial charge in [0.15, 0.2) is 0 Å². The molecule has 120 valence electrons. The van der Waals surface area contributed by atoms with E-state index in [1.165, 1.54) is 31.5 Å². The lowest BCUT2D eigenvalue weighted by atomic mass is 9.97. The van der Waals surface area contributed by atoms with Gasteiger partial charge >= 0.3 is 0 Å². The maximum Gasteiger partial charge on any atom is 0.119 e. The van der Waals surface area contributed by atoms with Crippen LogP contribution in [0.5, 0.6) is 5.75 Å². The van der Waals surface area contributed by atoms with Crippen molar-refractivity contribution < 1.29 is 4.74 Å². The Morgan fingerprint density at radius 1 is 1.29 bits per heavy atom. The van der Waals surface area contributed by atoms with E-state index in [-0.39, 0.29) is 18.5 Å². The molecule has 0 aromatic heterocycles. The minimum absolute atomic E-state index is 0. The Kier molecular flexibility index (Phi) is 8.09. The van der Waals surface area contributed by atoms with E-state index in [1.807, 2.05) is 7.05 Å². The molecule has 3 nitrogen and oxygen atoms in total. The number of nitrogens with zero attached hydrogens (tertiary/aromatic N) is 1. The lowest BCUT2D eigenvalue weighted by molar-refractivity contribution is 0.166. The molecule has 1 unspecified atom stereocenters. The zero-order valence-corrected chi connectivity index (χ0v) is 14.3. The topological polar surface area (TPSA) is 24.5 Å². The average molecular weight is 313 g/mol. The van der Waals surface area contributed by atoms with Crippen LogP contribution in [0.3, 0.4) is 0 Å². The van der Waals surface area contributed by atoms with Crippen LogP contribution in [0.4, 0.5) is 0 Å². The van der Waals surface area contributed by atoms with Crippen LogP contribution in [0.25, 0.3) is 0 Å². The minimum Gasteiger partial charge on any atom is -0.491 e. The Balaban J connectivity index is 0.00000220. The maximum atomic E-state index is 5.69. The molecule has 0 spiro atoms. The molecule has 0 aliphatic carbocycles. The van der Waals surface area contributed by atoms with Crippen molar-refractivity contribution in [2.24, 2.45) is 5.92 Å². The van der Waals surface area contributed by atoms with Crippen LogP contribution in [0.1, 0.15) is 32.3 Å². The molecule has 1 aliphatic heterocycles. The number of ether oxygens (including phenoxy) is 1. The van der Waals surface area contributed by atoms with E-state index in [1.54, 1.807) is 0 Å². The Labute approximate surface area is 135 Å². The van der Waals surface area contributed by atoms with Crippen LogP contribution in [0, 0.1) is 5.92 Å². The summed E-state index contributed by atoms with van der Waals surface area (Å²) >= 11 is 0. The Morgan fingerprint density at radius 2 is 2.00 bits per heavy atom. The Morgan fingerprint density at radius 3 is 2.62 bits per heavy atom. The van der Waals surface area contributed by atoms with E-state index in [4.69, 9.17) is 4.74 Å². The average Bonchev–Trinajstić information content (AvgIpc) is 2.41. The molecular weight excluding hydrogens is 284 g/mol. The lowest BCUT2D eigenvalue weighted by Gasteiger charge is -2.32. The molecule has 0 saturated carbocycles. The van der Waals surface area contributed by atoms with Gasteiger partial charge in [0.05, 0.1) is 6.10 Å². The first-order chi connectivity index (χ1) is 9.67. The molecule has 1 aromatic carbocycles. The summed E-state index contributed by atoms with van der Waals surface area (Å²) in [7, 11) is 2.05. The monoisotopic (exact) mass is 312 g/mol. The molecule has 0 amide bonds. The molecular formula is C17H29ClN2O. The fourth-order valence-corrected chi connectivity index (χ4v) is 2.95. The molecule has 1 fully saturated rings. The van der Waals surface area contributed by atoms with Crippen molar-refractivity contribution in [3.8, 4) is 5.75 Å². The van der Waals surface area contributed by atoms with Gasteiger partial charge in [0, 0.05) is 13.1 Å². The van der Waals surface area contributed by atoms with E-state index < -0.39 is 0 Å². The lowest BCUT2D eigenvalue weighted by Crippen LogP contribution is -2.38. The number of rotatable bonds is 6. The van der Waals surface area contributed by atoms with Crippen LogP contribution in [-0.2, 0) is 6.54 Å². The molecule has 1 saturated heterocycles. The Hall–Kier alpha value is -0.770. The third-order valence-corrected chi connectivity index (χ3v) is 3.80. The van der Waals surface area contributed by atoms with Gasteiger partial charge in [-0.2, -0.15) is 0 Å². The molecule has 1 heterocycles. The fourth-order valence-electron chi connectivity index (χ4n) is 2.95. The van der Waals surface area contributed by atoms with Gasteiger partial charge in [0.1, 0.15) is 5.75 Å². The maximum absolute atomic E-state index is 5.69. The highest BCUT2D eigenvalue weighted by atomic mass is 35.5. The van der Waals surface area contributed by atoms with Gasteiger partial charge in [-0.3, -0.25) is 4.90 Å². The van der Waals surface area contributed by atoms with Gasteiger partial charge in [-0.15, -0.1) is 12.4 Å². The quantitative estimate of drug-likeness (QED) is 0.872. The van der Waals surface area contributed by atoms with Gasteiger partial charge in [-0.05, 0) is 70.4 Å². The smallest absolute Gasteiger partial charge is 0.119 e. The largest absolute Gasteiger partial charge is 0.491 e. The number of benzene rings is 1. The van der Waals surface area contributed by atoms with Crippen molar-refractivity contribution in [1.29, 1.82) is 0 Å². The van der Waals surface area contributed by atoms with Crippen LogP contribution in [-0.4, -0.2) is 37.7 Å². The zero-order chi connectivity index (χ0) is 14.4. The highest BCUT2D eigenvalue weighted by molar-refractivity contribution is 5.85. The number of nitrogens with one attached hydrogen (secondary N) is 1. The first-order valence-electron chi connectivity index (χ1n) is 7.80. The van der Waals surface area contributed by atoms with E-state index in [9.17, 15) is 0 Å². The summed E-state index contributed by atoms with van der Waals surface area (Å²) < 4.78 is 5.69. The normalized spacial score (nSPS) is 19.3. The third-order valence-electron chi connectivity index (χ3n) is 3.80. The van der Waals surface area contributed by atoms with Crippen molar-refractivity contribution in [2.75, 3.05) is 26.7 Å². The Bertz CT molecular complexity index is 392. The van der Waals surface area contributed by atoms with E-state index in [0.717, 1.165) is 24.8 Å². The summed E-state index contributed by atoms with van der Waals surface area (Å²) in [4.78, 5) is 2.57. The van der Waals surface area contributed by atoms with Crippen LogP contribution >= 0.6 is 12.4 Å². The molecule has 2 rings (SSSR count).